The zero-order chi connectivity index (χ0) is 23.1. The van der Waals surface area contributed by atoms with Gasteiger partial charge in [0.25, 0.3) is 5.91 Å². The minimum absolute atomic E-state index is 0.0130. The summed E-state index contributed by atoms with van der Waals surface area (Å²) in [4.78, 5) is 12.6. The van der Waals surface area contributed by atoms with Gasteiger partial charge in [0.1, 0.15) is 24.2 Å². The summed E-state index contributed by atoms with van der Waals surface area (Å²) in [5, 5.41) is 11.9. The minimum atomic E-state index is -3.45. The molecule has 3 rings (SSSR count). The van der Waals surface area contributed by atoms with Gasteiger partial charge in [0, 0.05) is 5.69 Å². The van der Waals surface area contributed by atoms with E-state index in [1.165, 1.54) is 6.07 Å². The number of carbonyl (C=O) groups excluding carboxylic acids is 1. The summed E-state index contributed by atoms with van der Waals surface area (Å²) < 4.78 is 37.9. The van der Waals surface area contributed by atoms with Crippen molar-refractivity contribution >= 4 is 27.3 Å². The summed E-state index contributed by atoms with van der Waals surface area (Å²) in [5.74, 6) is 0.453. The van der Waals surface area contributed by atoms with Crippen LogP contribution in [0.5, 0.6) is 5.75 Å². The molecule has 0 aliphatic heterocycles. The van der Waals surface area contributed by atoms with Crippen molar-refractivity contribution in [2.75, 3.05) is 15.8 Å². The molecule has 32 heavy (non-hydrogen) atoms. The van der Waals surface area contributed by atoms with E-state index in [1.807, 2.05) is 0 Å². The first-order valence-electron chi connectivity index (χ1n) is 9.95. The van der Waals surface area contributed by atoms with Gasteiger partial charge in [0.05, 0.1) is 17.0 Å². The minimum Gasteiger partial charge on any atom is -0.484 e. The third-order valence-electron chi connectivity index (χ3n) is 4.58. The lowest BCUT2D eigenvalue weighted by Gasteiger charge is -2.13. The summed E-state index contributed by atoms with van der Waals surface area (Å²) in [6, 6.07) is 17.0. The number of furan rings is 1. The van der Waals surface area contributed by atoms with Gasteiger partial charge in [-0.15, -0.1) is 0 Å². The van der Waals surface area contributed by atoms with E-state index in [0.717, 1.165) is 0 Å². The maximum atomic E-state index is 12.6. The number of sulfonamides is 1. The van der Waals surface area contributed by atoms with Crippen LogP contribution in [-0.2, 0) is 16.6 Å². The number of nitrogens with one attached hydrogen (secondary N) is 2. The largest absolute Gasteiger partial charge is 0.484 e. The molecule has 1 aromatic heterocycles. The van der Waals surface area contributed by atoms with Gasteiger partial charge in [0.2, 0.25) is 10.0 Å². The van der Waals surface area contributed by atoms with Crippen LogP contribution in [0.2, 0.25) is 0 Å². The van der Waals surface area contributed by atoms with Gasteiger partial charge in [-0.2, -0.15) is 5.26 Å². The second kappa shape index (κ2) is 10.0. The highest BCUT2D eigenvalue weighted by atomic mass is 32.2. The molecule has 9 heteroatoms. The van der Waals surface area contributed by atoms with E-state index in [0.29, 0.717) is 40.4 Å². The highest BCUT2D eigenvalue weighted by Gasteiger charge is 2.16. The Morgan fingerprint density at radius 2 is 1.84 bits per heavy atom. The Morgan fingerprint density at radius 1 is 1.09 bits per heavy atom. The third-order valence-corrected chi connectivity index (χ3v) is 6.06. The van der Waals surface area contributed by atoms with Gasteiger partial charge >= 0.3 is 0 Å². The van der Waals surface area contributed by atoms with Gasteiger partial charge in [-0.25, -0.2) is 8.42 Å². The van der Waals surface area contributed by atoms with Crippen LogP contribution in [0, 0.1) is 18.3 Å². The molecule has 0 spiro atoms. The van der Waals surface area contributed by atoms with Crippen molar-refractivity contribution in [3.8, 4) is 11.8 Å². The van der Waals surface area contributed by atoms with Crippen LogP contribution in [0.1, 0.15) is 40.8 Å². The van der Waals surface area contributed by atoms with Gasteiger partial charge in [-0.05, 0) is 55.3 Å². The lowest BCUT2D eigenvalue weighted by molar-refractivity contribution is 0.0992. The van der Waals surface area contributed by atoms with E-state index in [9.17, 15) is 13.2 Å². The van der Waals surface area contributed by atoms with E-state index in [2.05, 4.69) is 16.1 Å². The van der Waals surface area contributed by atoms with Crippen molar-refractivity contribution < 1.29 is 22.4 Å². The molecule has 8 nitrogen and oxygen atoms in total. The van der Waals surface area contributed by atoms with Crippen molar-refractivity contribution in [3.05, 3.63) is 77.2 Å². The second-order valence-corrected chi connectivity index (χ2v) is 8.86. The molecular formula is C23H23N3O5S. The summed E-state index contributed by atoms with van der Waals surface area (Å²) >= 11 is 0. The molecule has 0 aliphatic rings. The average molecular weight is 454 g/mol. The first-order chi connectivity index (χ1) is 15.3. The molecule has 0 aliphatic carbocycles. The van der Waals surface area contributed by atoms with Crippen molar-refractivity contribution in [3.63, 3.8) is 0 Å². The van der Waals surface area contributed by atoms with Gasteiger partial charge in [-0.1, -0.05) is 25.1 Å². The lowest BCUT2D eigenvalue weighted by Crippen LogP contribution is -2.18. The number of hydrogen-bond donors (Lipinski definition) is 2. The van der Waals surface area contributed by atoms with Crippen LogP contribution in [0.3, 0.4) is 0 Å². The zero-order valence-corrected chi connectivity index (χ0v) is 18.5. The molecule has 3 aromatic rings. The zero-order valence-electron chi connectivity index (χ0n) is 17.7. The standard InChI is InChI=1S/C23H23N3O5S/c1-3-13-32(28,29)26-20-9-6-8-19(16(20)2)25-23(27)22-12-11-18(31-22)15-30-21-10-5-4-7-17(21)14-24/h4-12,26H,3,13,15H2,1-2H3,(H,25,27). The number of anilines is 2. The van der Waals surface area contributed by atoms with E-state index in [-0.39, 0.29) is 18.1 Å². The maximum absolute atomic E-state index is 12.6. The number of hydrogen-bond acceptors (Lipinski definition) is 6. The number of para-hydroxylation sites is 1. The van der Waals surface area contributed by atoms with Gasteiger partial charge in [0.15, 0.2) is 5.76 Å². The number of rotatable bonds is 9. The Labute approximate surface area is 186 Å². The molecular weight excluding hydrogens is 430 g/mol. The van der Waals surface area contributed by atoms with Crippen LogP contribution < -0.4 is 14.8 Å². The van der Waals surface area contributed by atoms with E-state index < -0.39 is 15.9 Å². The smallest absolute Gasteiger partial charge is 0.291 e. The molecule has 0 fully saturated rings. The Balaban J connectivity index is 1.68. The third kappa shape index (κ3) is 5.68. The molecule has 0 atom stereocenters. The summed E-state index contributed by atoms with van der Waals surface area (Å²) in [6.07, 6.45) is 0.497. The molecule has 0 saturated carbocycles. The lowest BCUT2D eigenvalue weighted by atomic mass is 10.1. The first-order valence-corrected chi connectivity index (χ1v) is 11.6. The first kappa shape index (κ1) is 22.9. The topological polar surface area (TPSA) is 121 Å². The van der Waals surface area contributed by atoms with Crippen LogP contribution >= 0.6 is 0 Å². The number of ether oxygens (including phenoxy) is 1. The van der Waals surface area contributed by atoms with Crippen molar-refractivity contribution in [1.29, 1.82) is 5.26 Å². The van der Waals surface area contributed by atoms with Crippen molar-refractivity contribution in [1.82, 2.24) is 0 Å². The molecule has 0 radical (unpaired) electrons. The molecule has 1 heterocycles. The van der Waals surface area contributed by atoms with Crippen LogP contribution in [0.25, 0.3) is 0 Å². The number of carbonyl (C=O) groups is 1. The van der Waals surface area contributed by atoms with Gasteiger partial charge < -0.3 is 14.5 Å². The SMILES string of the molecule is CCCS(=O)(=O)Nc1cccc(NC(=O)c2ccc(COc3ccccc3C#N)o2)c1C. The monoisotopic (exact) mass is 453 g/mol. The molecule has 0 unspecified atom stereocenters. The predicted molar refractivity (Wildman–Crippen MR) is 121 cm³/mol. The van der Waals surface area contributed by atoms with E-state index in [1.54, 1.807) is 62.4 Å². The molecule has 0 saturated heterocycles. The number of amides is 1. The highest BCUT2D eigenvalue weighted by Crippen LogP contribution is 2.25. The summed E-state index contributed by atoms with van der Waals surface area (Å²) in [5.41, 5.74) is 1.86. The quantitative estimate of drug-likeness (QED) is 0.494. The van der Waals surface area contributed by atoms with Crippen molar-refractivity contribution in [2.45, 2.75) is 26.9 Å². The second-order valence-electron chi connectivity index (χ2n) is 7.02. The molecule has 1 amide bonds. The average Bonchev–Trinajstić information content (AvgIpc) is 3.24. The van der Waals surface area contributed by atoms with Crippen LogP contribution in [0.4, 0.5) is 11.4 Å². The molecule has 166 valence electrons. The van der Waals surface area contributed by atoms with Crippen LogP contribution in [0.15, 0.2) is 59.0 Å². The Kier molecular flexibility index (Phi) is 7.18. The fourth-order valence-corrected chi connectivity index (χ4v) is 4.16. The molecule has 2 aromatic carbocycles. The summed E-state index contributed by atoms with van der Waals surface area (Å²) in [6.45, 7) is 3.56. The fourth-order valence-electron chi connectivity index (χ4n) is 2.96. The van der Waals surface area contributed by atoms with E-state index in [4.69, 9.17) is 14.4 Å². The van der Waals surface area contributed by atoms with Gasteiger partial charge in [-0.3, -0.25) is 9.52 Å². The molecule has 0 bridgehead atoms. The van der Waals surface area contributed by atoms with Crippen molar-refractivity contribution in [2.24, 2.45) is 0 Å². The molecule has 2 N–H and O–H groups in total. The summed E-state index contributed by atoms with van der Waals surface area (Å²) in [7, 11) is -3.45. The predicted octanol–water partition coefficient (Wildman–Crippen LogP) is 4.44. The van der Waals surface area contributed by atoms with Crippen LogP contribution in [-0.4, -0.2) is 20.1 Å². The Bertz CT molecular complexity index is 1260. The fraction of sp³-hybridized carbons (Fsp3) is 0.217. The number of benzene rings is 2. The Hall–Kier alpha value is -3.77. The Morgan fingerprint density at radius 3 is 2.59 bits per heavy atom. The van der Waals surface area contributed by atoms with E-state index >= 15 is 0 Å². The number of nitriles is 1. The highest BCUT2D eigenvalue weighted by molar-refractivity contribution is 7.92. The maximum Gasteiger partial charge on any atom is 0.291 e. The number of nitrogens with zero attached hydrogens (tertiary/aromatic N) is 1. The normalized spacial score (nSPS) is 10.9.